The molecule has 0 saturated heterocycles. The molecule has 15 nitrogen and oxygen atoms in total. The molecular formula is C35H26N4O11S2. The van der Waals surface area contributed by atoms with Gasteiger partial charge in [0.25, 0.3) is 32.1 Å². The number of benzene rings is 6. The lowest BCUT2D eigenvalue weighted by Gasteiger charge is -2.13. The molecule has 0 radical (unpaired) electrons. The highest BCUT2D eigenvalue weighted by Gasteiger charge is 2.19. The third kappa shape index (κ3) is 7.62. The van der Waals surface area contributed by atoms with Crippen LogP contribution in [0.4, 0.5) is 27.5 Å². The molecule has 8 N–H and O–H groups in total. The molecule has 264 valence electrons. The first-order chi connectivity index (χ1) is 24.6. The summed E-state index contributed by atoms with van der Waals surface area (Å²) < 4.78 is 65.7. The van der Waals surface area contributed by atoms with Gasteiger partial charge in [0.2, 0.25) is 0 Å². The maximum Gasteiger partial charge on any atom is 0.323 e. The van der Waals surface area contributed by atoms with Gasteiger partial charge in [-0.25, -0.2) is 4.79 Å². The summed E-state index contributed by atoms with van der Waals surface area (Å²) in [5, 5.41) is 31.8. The zero-order valence-corrected chi connectivity index (χ0v) is 28.0. The van der Waals surface area contributed by atoms with Gasteiger partial charge in [0.15, 0.2) is 0 Å². The molecule has 0 aliphatic rings. The smallest absolute Gasteiger partial charge is 0.323 e. The van der Waals surface area contributed by atoms with Crippen molar-refractivity contribution in [2.24, 2.45) is 0 Å². The molecule has 0 aliphatic heterocycles. The Bertz CT molecular complexity index is 2500. The number of phenols is 2. The van der Waals surface area contributed by atoms with E-state index in [1.165, 1.54) is 84.9 Å². The van der Waals surface area contributed by atoms with E-state index in [1.807, 2.05) is 0 Å². The predicted molar refractivity (Wildman–Crippen MR) is 192 cm³/mol. The molecule has 6 aromatic rings. The molecule has 0 spiro atoms. The number of phenolic OH excluding ortho intramolecular Hbond substituents is 2. The van der Waals surface area contributed by atoms with E-state index in [1.54, 1.807) is 0 Å². The summed E-state index contributed by atoms with van der Waals surface area (Å²) in [6, 6.07) is 24.0. The van der Waals surface area contributed by atoms with E-state index in [2.05, 4.69) is 21.3 Å². The Balaban J connectivity index is 1.15. The number of rotatable bonds is 8. The minimum atomic E-state index is -4.66. The SMILES string of the molecule is O=C(Nc1cccc(C(=O)Nc2cccc3c(O)cc(S(=O)(=O)O)cc23)c1)Nc1cccc(C(=O)Nc2cccc3c(O)cc(S(=O)(=O)O)cc23)c1. The fourth-order valence-corrected chi connectivity index (χ4v) is 6.41. The molecule has 0 saturated carbocycles. The van der Waals surface area contributed by atoms with Crippen LogP contribution in [0.2, 0.25) is 0 Å². The quantitative estimate of drug-likeness (QED) is 0.0834. The van der Waals surface area contributed by atoms with Crippen molar-refractivity contribution in [1.82, 2.24) is 0 Å². The minimum absolute atomic E-state index is 0.106. The Morgan fingerprint density at radius 3 is 1.23 bits per heavy atom. The van der Waals surface area contributed by atoms with E-state index in [-0.39, 0.29) is 55.4 Å². The van der Waals surface area contributed by atoms with E-state index in [4.69, 9.17) is 0 Å². The molecule has 6 rings (SSSR count). The Labute approximate surface area is 295 Å². The van der Waals surface area contributed by atoms with Crippen molar-refractivity contribution in [3.8, 4) is 11.5 Å². The molecule has 4 amide bonds. The molecular weight excluding hydrogens is 717 g/mol. The largest absolute Gasteiger partial charge is 0.507 e. The number of hydrogen-bond donors (Lipinski definition) is 8. The Kier molecular flexibility index (Phi) is 9.26. The maximum absolute atomic E-state index is 13.2. The zero-order valence-electron chi connectivity index (χ0n) is 26.4. The predicted octanol–water partition coefficient (Wildman–Crippen LogP) is 6.05. The van der Waals surface area contributed by atoms with Crippen LogP contribution >= 0.6 is 0 Å². The molecule has 0 atom stereocenters. The van der Waals surface area contributed by atoms with Crippen LogP contribution in [0, 0.1) is 0 Å². The molecule has 52 heavy (non-hydrogen) atoms. The number of fused-ring (bicyclic) bond motifs is 2. The summed E-state index contributed by atoms with van der Waals surface area (Å²) in [4.78, 5) is 38.1. The summed E-state index contributed by atoms with van der Waals surface area (Å²) in [6.45, 7) is 0. The van der Waals surface area contributed by atoms with Crippen LogP contribution in [0.1, 0.15) is 20.7 Å². The molecule has 0 aliphatic carbocycles. The van der Waals surface area contributed by atoms with Crippen molar-refractivity contribution in [2.75, 3.05) is 21.3 Å². The van der Waals surface area contributed by atoms with Gasteiger partial charge in [0.05, 0.1) is 9.79 Å². The van der Waals surface area contributed by atoms with Crippen molar-refractivity contribution in [3.05, 3.63) is 120 Å². The molecule has 0 bridgehead atoms. The van der Waals surface area contributed by atoms with Gasteiger partial charge in [-0.1, -0.05) is 36.4 Å². The monoisotopic (exact) mass is 742 g/mol. The fraction of sp³-hybridized carbons (Fsp3) is 0. The van der Waals surface area contributed by atoms with Gasteiger partial charge in [-0.3, -0.25) is 18.7 Å². The second kappa shape index (κ2) is 13.6. The number of nitrogens with one attached hydrogen (secondary N) is 4. The minimum Gasteiger partial charge on any atom is -0.507 e. The number of hydrogen-bond acceptors (Lipinski definition) is 9. The Hall–Kier alpha value is -6.53. The summed E-state index contributed by atoms with van der Waals surface area (Å²) >= 11 is 0. The summed E-state index contributed by atoms with van der Waals surface area (Å²) in [5.41, 5.74) is 0.927. The van der Waals surface area contributed by atoms with Crippen LogP contribution in [0.15, 0.2) is 119 Å². The van der Waals surface area contributed by atoms with Gasteiger partial charge in [0, 0.05) is 67.6 Å². The standard InChI is InChI=1S/C35H26N4O11S2/c40-31-17-23(51(45,46)47)15-27-25(31)9-3-11-29(27)38-33(42)19-5-1-7-21(13-19)36-35(44)37-22-8-2-6-20(14-22)34(43)39-30-12-4-10-26-28(30)16-24(18-32(26)41)52(48,49)50/h1-18,40-41H,(H,38,42)(H,39,43)(H2,36,37,44)(H,45,46,47)(H,48,49,50). The normalized spacial score (nSPS) is 11.6. The van der Waals surface area contributed by atoms with Crippen LogP contribution in [0.5, 0.6) is 11.5 Å². The molecule has 0 heterocycles. The average molecular weight is 743 g/mol. The van der Waals surface area contributed by atoms with Gasteiger partial charge in [-0.15, -0.1) is 0 Å². The third-order valence-corrected chi connectivity index (χ3v) is 9.42. The van der Waals surface area contributed by atoms with E-state index in [9.17, 15) is 50.5 Å². The van der Waals surface area contributed by atoms with Crippen molar-refractivity contribution in [1.29, 1.82) is 0 Å². The Morgan fingerprint density at radius 2 is 0.846 bits per heavy atom. The summed E-state index contributed by atoms with van der Waals surface area (Å²) in [6.07, 6.45) is 0. The molecule has 6 aromatic carbocycles. The van der Waals surface area contributed by atoms with Gasteiger partial charge in [-0.2, -0.15) is 16.8 Å². The van der Waals surface area contributed by atoms with Gasteiger partial charge < -0.3 is 31.5 Å². The lowest BCUT2D eigenvalue weighted by Crippen LogP contribution is -2.20. The second-order valence-electron chi connectivity index (χ2n) is 11.3. The summed E-state index contributed by atoms with van der Waals surface area (Å²) in [5.74, 6) is -2.12. The van der Waals surface area contributed by atoms with Crippen LogP contribution in [0.25, 0.3) is 21.5 Å². The molecule has 0 aromatic heterocycles. The summed E-state index contributed by atoms with van der Waals surface area (Å²) in [7, 11) is -9.32. The number of amides is 4. The molecule has 17 heteroatoms. The first kappa shape index (κ1) is 35.3. The number of urea groups is 1. The highest BCUT2D eigenvalue weighted by atomic mass is 32.2. The van der Waals surface area contributed by atoms with Crippen LogP contribution in [-0.4, -0.2) is 54.0 Å². The van der Waals surface area contributed by atoms with E-state index >= 15 is 0 Å². The highest BCUT2D eigenvalue weighted by Crippen LogP contribution is 2.35. The molecule has 0 unspecified atom stereocenters. The van der Waals surface area contributed by atoms with Crippen molar-refractivity contribution in [2.45, 2.75) is 9.79 Å². The average Bonchev–Trinajstić information content (AvgIpc) is 3.08. The second-order valence-corrected chi connectivity index (χ2v) is 14.1. The van der Waals surface area contributed by atoms with Gasteiger partial charge in [-0.05, 0) is 60.7 Å². The number of anilines is 4. The van der Waals surface area contributed by atoms with Crippen LogP contribution < -0.4 is 21.3 Å². The van der Waals surface area contributed by atoms with Gasteiger partial charge in [0.1, 0.15) is 11.5 Å². The third-order valence-electron chi connectivity index (χ3n) is 7.75. The maximum atomic E-state index is 13.2. The topological polar surface area (TPSA) is 249 Å². The lowest BCUT2D eigenvalue weighted by atomic mass is 10.1. The van der Waals surface area contributed by atoms with E-state index in [0.717, 1.165) is 24.3 Å². The Morgan fingerprint density at radius 1 is 0.462 bits per heavy atom. The first-order valence-corrected chi connectivity index (χ1v) is 17.8. The zero-order chi connectivity index (χ0) is 37.4. The van der Waals surface area contributed by atoms with Crippen molar-refractivity contribution >= 4 is 82.4 Å². The van der Waals surface area contributed by atoms with Gasteiger partial charge >= 0.3 is 6.03 Å². The number of carbonyl (C=O) groups is 3. The van der Waals surface area contributed by atoms with Crippen LogP contribution in [-0.2, 0) is 20.2 Å². The number of aromatic hydroxyl groups is 2. The van der Waals surface area contributed by atoms with Crippen LogP contribution in [0.3, 0.4) is 0 Å². The van der Waals surface area contributed by atoms with Crippen molar-refractivity contribution in [3.63, 3.8) is 0 Å². The lowest BCUT2D eigenvalue weighted by molar-refractivity contribution is 0.101. The van der Waals surface area contributed by atoms with E-state index < -0.39 is 59.4 Å². The number of carbonyl (C=O) groups excluding carboxylic acids is 3. The first-order valence-electron chi connectivity index (χ1n) is 14.9. The fourth-order valence-electron chi connectivity index (χ4n) is 5.36. The van der Waals surface area contributed by atoms with Crippen molar-refractivity contribution < 1.29 is 50.5 Å². The molecule has 0 fully saturated rings. The highest BCUT2D eigenvalue weighted by molar-refractivity contribution is 7.86. The van der Waals surface area contributed by atoms with E-state index in [0.29, 0.717) is 0 Å².